The Hall–Kier alpha value is -1.03. The largest absolute Gasteiger partial charge is 0.198 e. The molecule has 0 radical (unpaired) electrons. The zero-order chi connectivity index (χ0) is 6.53. The van der Waals surface area contributed by atoms with Gasteiger partial charge in [0, 0.05) is 0 Å². The van der Waals surface area contributed by atoms with Gasteiger partial charge in [-0.25, -0.2) is 0 Å². The van der Waals surface area contributed by atoms with Crippen LogP contribution in [-0.2, 0) is 0 Å². The Morgan fingerprint density at radius 3 is 3.00 bits per heavy atom. The molecule has 0 saturated carbocycles. The summed E-state index contributed by atoms with van der Waals surface area (Å²) in [5.41, 5.74) is 1.17. The van der Waals surface area contributed by atoms with Gasteiger partial charge >= 0.3 is 0 Å². The standard InChI is InChI=1S/C8H9N/c9-7-6-8-4-2-1-3-5-8/h2,4-5H,1,3,6H2. The van der Waals surface area contributed by atoms with E-state index in [4.69, 9.17) is 5.26 Å². The Balaban J connectivity index is 2.50. The molecule has 0 amide bonds. The molecule has 0 atom stereocenters. The van der Waals surface area contributed by atoms with Gasteiger partial charge in [-0.15, -0.1) is 0 Å². The lowest BCUT2D eigenvalue weighted by Crippen LogP contribution is -1.81. The second-order valence-corrected chi connectivity index (χ2v) is 2.09. The number of hydrogen-bond acceptors (Lipinski definition) is 1. The molecule has 0 aliphatic heterocycles. The Labute approximate surface area is 55.3 Å². The van der Waals surface area contributed by atoms with Crippen LogP contribution in [0.15, 0.2) is 23.8 Å². The van der Waals surface area contributed by atoms with E-state index in [-0.39, 0.29) is 0 Å². The zero-order valence-corrected chi connectivity index (χ0v) is 5.30. The smallest absolute Gasteiger partial charge is 0.0669 e. The first kappa shape index (κ1) is 6.10. The second kappa shape index (κ2) is 3.09. The minimum atomic E-state index is 0.566. The lowest BCUT2D eigenvalue weighted by molar-refractivity contribution is 1.00. The van der Waals surface area contributed by atoms with Gasteiger partial charge < -0.3 is 0 Å². The van der Waals surface area contributed by atoms with E-state index in [0.29, 0.717) is 6.42 Å². The summed E-state index contributed by atoms with van der Waals surface area (Å²) in [4.78, 5) is 0. The van der Waals surface area contributed by atoms with Crippen molar-refractivity contribution in [2.45, 2.75) is 19.3 Å². The molecule has 0 heterocycles. The van der Waals surface area contributed by atoms with Crippen LogP contribution < -0.4 is 0 Å². The predicted octanol–water partition coefficient (Wildman–Crippen LogP) is 2.18. The van der Waals surface area contributed by atoms with Crippen molar-refractivity contribution in [1.82, 2.24) is 0 Å². The first-order valence-electron chi connectivity index (χ1n) is 3.16. The van der Waals surface area contributed by atoms with Gasteiger partial charge in [0.05, 0.1) is 12.5 Å². The molecular weight excluding hydrogens is 110 g/mol. The van der Waals surface area contributed by atoms with Crippen LogP contribution in [0.4, 0.5) is 0 Å². The zero-order valence-electron chi connectivity index (χ0n) is 5.30. The van der Waals surface area contributed by atoms with Gasteiger partial charge in [-0.3, -0.25) is 0 Å². The highest BCUT2D eigenvalue weighted by Crippen LogP contribution is 2.11. The first-order valence-corrected chi connectivity index (χ1v) is 3.16. The van der Waals surface area contributed by atoms with Crippen molar-refractivity contribution in [2.24, 2.45) is 0 Å². The van der Waals surface area contributed by atoms with Crippen LogP contribution >= 0.6 is 0 Å². The fourth-order valence-electron chi connectivity index (χ4n) is 0.890. The third kappa shape index (κ3) is 1.73. The summed E-state index contributed by atoms with van der Waals surface area (Å²) in [5.74, 6) is 0. The normalized spacial score (nSPS) is 16.6. The van der Waals surface area contributed by atoms with E-state index in [9.17, 15) is 0 Å². The molecule has 0 unspecified atom stereocenters. The molecule has 1 rings (SSSR count). The highest BCUT2D eigenvalue weighted by Gasteiger charge is 1.93. The Kier molecular flexibility index (Phi) is 2.09. The van der Waals surface area contributed by atoms with E-state index >= 15 is 0 Å². The van der Waals surface area contributed by atoms with Gasteiger partial charge in [0.1, 0.15) is 0 Å². The third-order valence-electron chi connectivity index (χ3n) is 1.35. The van der Waals surface area contributed by atoms with Gasteiger partial charge in [0.2, 0.25) is 0 Å². The maximum atomic E-state index is 8.29. The Morgan fingerprint density at radius 1 is 1.56 bits per heavy atom. The molecule has 0 spiro atoms. The summed E-state index contributed by atoms with van der Waals surface area (Å²) in [7, 11) is 0. The van der Waals surface area contributed by atoms with E-state index in [1.807, 2.05) is 6.08 Å². The number of allylic oxidation sites excluding steroid dienone is 4. The average Bonchev–Trinajstić information content (AvgIpc) is 1.91. The van der Waals surface area contributed by atoms with E-state index in [2.05, 4.69) is 18.2 Å². The number of nitrogens with zero attached hydrogens (tertiary/aromatic N) is 1. The molecule has 0 aromatic heterocycles. The summed E-state index contributed by atoms with van der Waals surface area (Å²) in [5, 5.41) is 8.29. The van der Waals surface area contributed by atoms with E-state index in [1.165, 1.54) is 5.57 Å². The van der Waals surface area contributed by atoms with Crippen molar-refractivity contribution < 1.29 is 0 Å². The molecule has 1 aliphatic rings. The minimum absolute atomic E-state index is 0.566. The molecule has 1 heteroatoms. The van der Waals surface area contributed by atoms with Gasteiger partial charge in [-0.2, -0.15) is 5.26 Å². The number of nitriles is 1. The van der Waals surface area contributed by atoms with E-state index < -0.39 is 0 Å². The second-order valence-electron chi connectivity index (χ2n) is 2.09. The summed E-state index contributed by atoms with van der Waals surface area (Å²) in [6.45, 7) is 0. The van der Waals surface area contributed by atoms with Gasteiger partial charge in [0.15, 0.2) is 0 Å². The molecule has 46 valence electrons. The number of rotatable bonds is 1. The van der Waals surface area contributed by atoms with Gasteiger partial charge in [0.25, 0.3) is 0 Å². The summed E-state index contributed by atoms with van der Waals surface area (Å²) < 4.78 is 0. The van der Waals surface area contributed by atoms with Crippen LogP contribution in [0, 0.1) is 11.3 Å². The van der Waals surface area contributed by atoms with Crippen molar-refractivity contribution in [1.29, 1.82) is 5.26 Å². The molecule has 0 aromatic carbocycles. The Morgan fingerprint density at radius 2 is 2.44 bits per heavy atom. The van der Waals surface area contributed by atoms with Crippen LogP contribution in [-0.4, -0.2) is 0 Å². The summed E-state index contributed by atoms with van der Waals surface area (Å²) >= 11 is 0. The minimum Gasteiger partial charge on any atom is -0.198 e. The van der Waals surface area contributed by atoms with Crippen molar-refractivity contribution in [3.05, 3.63) is 23.8 Å². The van der Waals surface area contributed by atoms with Gasteiger partial charge in [-0.05, 0) is 18.4 Å². The molecule has 9 heavy (non-hydrogen) atoms. The van der Waals surface area contributed by atoms with E-state index in [1.54, 1.807) is 0 Å². The average molecular weight is 119 g/mol. The van der Waals surface area contributed by atoms with Crippen molar-refractivity contribution in [2.75, 3.05) is 0 Å². The van der Waals surface area contributed by atoms with Crippen LogP contribution in [0.1, 0.15) is 19.3 Å². The summed E-state index contributed by atoms with van der Waals surface area (Å²) in [6, 6.07) is 2.12. The highest BCUT2D eigenvalue weighted by molar-refractivity contribution is 5.24. The molecule has 0 fully saturated rings. The molecule has 1 nitrogen and oxygen atoms in total. The molecule has 1 aliphatic carbocycles. The monoisotopic (exact) mass is 119 g/mol. The number of hydrogen-bond donors (Lipinski definition) is 0. The van der Waals surface area contributed by atoms with Crippen LogP contribution in [0.5, 0.6) is 0 Å². The topological polar surface area (TPSA) is 23.8 Å². The molecule has 0 saturated heterocycles. The first-order chi connectivity index (χ1) is 4.43. The van der Waals surface area contributed by atoms with Crippen molar-refractivity contribution in [3.63, 3.8) is 0 Å². The maximum absolute atomic E-state index is 8.29. The quantitative estimate of drug-likeness (QED) is 0.519. The fraction of sp³-hybridized carbons (Fsp3) is 0.375. The van der Waals surface area contributed by atoms with Crippen LogP contribution in [0.25, 0.3) is 0 Å². The molecule has 0 bridgehead atoms. The van der Waals surface area contributed by atoms with Crippen LogP contribution in [0.3, 0.4) is 0 Å². The SMILES string of the molecule is N#CCC1=CCCC=C1. The fourth-order valence-corrected chi connectivity index (χ4v) is 0.890. The maximum Gasteiger partial charge on any atom is 0.0669 e. The van der Waals surface area contributed by atoms with Crippen LogP contribution in [0.2, 0.25) is 0 Å². The molecule has 0 N–H and O–H groups in total. The summed E-state index contributed by atoms with van der Waals surface area (Å²) in [6.07, 6.45) is 9.08. The predicted molar refractivity (Wildman–Crippen MR) is 36.7 cm³/mol. The van der Waals surface area contributed by atoms with Crippen molar-refractivity contribution in [3.8, 4) is 6.07 Å². The highest BCUT2D eigenvalue weighted by atomic mass is 14.2. The lowest BCUT2D eigenvalue weighted by atomic mass is 10.1. The Bertz CT molecular complexity index is 181. The van der Waals surface area contributed by atoms with E-state index in [0.717, 1.165) is 12.8 Å². The molecule has 0 aromatic rings. The lowest BCUT2D eigenvalue weighted by Gasteiger charge is -1.99. The third-order valence-corrected chi connectivity index (χ3v) is 1.35. The molecular formula is C8H9N. The van der Waals surface area contributed by atoms with Gasteiger partial charge in [-0.1, -0.05) is 18.2 Å². The van der Waals surface area contributed by atoms with Crippen molar-refractivity contribution >= 4 is 0 Å².